The van der Waals surface area contributed by atoms with Gasteiger partial charge in [0.2, 0.25) is 5.91 Å². The van der Waals surface area contributed by atoms with Gasteiger partial charge in [-0.15, -0.1) is 0 Å². The zero-order valence-electron chi connectivity index (χ0n) is 20.2. The predicted octanol–water partition coefficient (Wildman–Crippen LogP) is 6.95. The number of nitrogens with zero attached hydrogens (tertiary/aromatic N) is 2. The molecule has 3 aromatic rings. The lowest BCUT2D eigenvalue weighted by Crippen LogP contribution is -2.52. The van der Waals surface area contributed by atoms with E-state index >= 15 is 0 Å². The summed E-state index contributed by atoms with van der Waals surface area (Å²) in [5.74, 6) is -1.80. The molecule has 1 saturated heterocycles. The highest BCUT2D eigenvalue weighted by molar-refractivity contribution is 6.30. The van der Waals surface area contributed by atoms with Gasteiger partial charge in [-0.1, -0.05) is 60.5 Å². The molecule has 188 valence electrons. The highest BCUT2D eigenvalue weighted by Gasteiger charge is 2.45. The van der Waals surface area contributed by atoms with Crippen molar-refractivity contribution >= 4 is 35.1 Å². The SMILES string of the molecule is CCC(CCc1ccccn1)N1C(=O)[C@@H](CC(=O)O)C[C@H](c2cccc(Cl)c2)[C@H]1c1ccc(Cl)cc1. The van der Waals surface area contributed by atoms with Gasteiger partial charge in [-0.2, -0.15) is 0 Å². The largest absolute Gasteiger partial charge is 0.481 e. The maximum Gasteiger partial charge on any atom is 0.304 e. The van der Waals surface area contributed by atoms with Crippen molar-refractivity contribution in [2.45, 2.75) is 57.0 Å². The number of aromatic nitrogens is 1. The number of likely N-dealkylation sites (tertiary alicyclic amines) is 1. The smallest absolute Gasteiger partial charge is 0.304 e. The van der Waals surface area contributed by atoms with Crippen molar-refractivity contribution < 1.29 is 14.7 Å². The average Bonchev–Trinajstić information content (AvgIpc) is 2.87. The van der Waals surface area contributed by atoms with Crippen molar-refractivity contribution in [3.8, 4) is 0 Å². The average molecular weight is 525 g/mol. The third-order valence-electron chi connectivity index (χ3n) is 7.06. The monoisotopic (exact) mass is 524 g/mol. The molecule has 1 unspecified atom stereocenters. The van der Waals surface area contributed by atoms with Crippen LogP contribution in [0, 0.1) is 5.92 Å². The molecule has 0 radical (unpaired) electrons. The quantitative estimate of drug-likeness (QED) is 0.328. The lowest BCUT2D eigenvalue weighted by molar-refractivity contribution is -0.152. The fraction of sp³-hybridized carbons (Fsp3) is 0.345. The summed E-state index contributed by atoms with van der Waals surface area (Å²) in [6, 6.07) is 20.8. The van der Waals surface area contributed by atoms with Crippen LogP contribution in [0.3, 0.4) is 0 Å². The van der Waals surface area contributed by atoms with E-state index in [0.29, 0.717) is 16.5 Å². The molecule has 1 aliphatic heterocycles. The number of aliphatic carboxylic acids is 1. The number of carboxylic acids is 1. The van der Waals surface area contributed by atoms with Crippen LogP contribution in [0.25, 0.3) is 0 Å². The molecule has 0 bridgehead atoms. The number of aryl methyl sites for hydroxylation is 1. The van der Waals surface area contributed by atoms with Crippen LogP contribution < -0.4 is 0 Å². The van der Waals surface area contributed by atoms with Gasteiger partial charge in [0.05, 0.1) is 12.5 Å². The summed E-state index contributed by atoms with van der Waals surface area (Å²) in [5.41, 5.74) is 2.94. The van der Waals surface area contributed by atoms with Crippen LogP contribution in [0.5, 0.6) is 0 Å². The molecule has 2 heterocycles. The van der Waals surface area contributed by atoms with E-state index < -0.39 is 11.9 Å². The second-order valence-corrected chi connectivity index (χ2v) is 10.2. The fourth-order valence-electron chi connectivity index (χ4n) is 5.38. The van der Waals surface area contributed by atoms with Crippen molar-refractivity contribution in [1.29, 1.82) is 0 Å². The van der Waals surface area contributed by atoms with Crippen LogP contribution in [0.1, 0.15) is 61.4 Å². The third kappa shape index (κ3) is 6.08. The van der Waals surface area contributed by atoms with Crippen molar-refractivity contribution in [2.24, 2.45) is 5.92 Å². The predicted molar refractivity (Wildman–Crippen MR) is 142 cm³/mol. The second kappa shape index (κ2) is 11.9. The van der Waals surface area contributed by atoms with E-state index in [1.807, 2.05) is 71.6 Å². The molecular formula is C29H30Cl2N2O3. The number of hydrogen-bond donors (Lipinski definition) is 1. The highest BCUT2D eigenvalue weighted by Crippen LogP contribution is 2.48. The molecule has 0 saturated carbocycles. The summed E-state index contributed by atoms with van der Waals surface area (Å²) in [5, 5.41) is 10.9. The number of halogens is 2. The Kier molecular flexibility index (Phi) is 8.65. The zero-order chi connectivity index (χ0) is 25.7. The Morgan fingerprint density at radius 1 is 1.06 bits per heavy atom. The molecule has 0 spiro atoms. The van der Waals surface area contributed by atoms with Gasteiger partial charge in [-0.05, 0) is 73.2 Å². The summed E-state index contributed by atoms with van der Waals surface area (Å²) in [6.07, 6.45) is 4.21. The van der Waals surface area contributed by atoms with E-state index in [0.717, 1.165) is 36.1 Å². The summed E-state index contributed by atoms with van der Waals surface area (Å²) >= 11 is 12.6. The molecule has 1 fully saturated rings. The fourth-order valence-corrected chi connectivity index (χ4v) is 5.70. The van der Waals surface area contributed by atoms with Crippen LogP contribution >= 0.6 is 23.2 Å². The Labute approximate surface area is 222 Å². The first kappa shape index (κ1) is 26.2. The normalized spacial score (nSPS) is 20.8. The minimum Gasteiger partial charge on any atom is -0.481 e. The van der Waals surface area contributed by atoms with Crippen molar-refractivity contribution in [1.82, 2.24) is 9.88 Å². The van der Waals surface area contributed by atoms with Crippen LogP contribution in [0.2, 0.25) is 10.0 Å². The van der Waals surface area contributed by atoms with Gasteiger partial charge in [0.25, 0.3) is 0 Å². The van der Waals surface area contributed by atoms with Gasteiger partial charge >= 0.3 is 5.97 Å². The number of carbonyl (C=O) groups is 2. The Morgan fingerprint density at radius 2 is 1.83 bits per heavy atom. The maximum absolute atomic E-state index is 14.0. The number of carboxylic acid groups (broad SMARTS) is 1. The summed E-state index contributed by atoms with van der Waals surface area (Å²) < 4.78 is 0. The summed E-state index contributed by atoms with van der Waals surface area (Å²) in [4.78, 5) is 32.1. The molecule has 1 aliphatic rings. The molecule has 5 nitrogen and oxygen atoms in total. The van der Waals surface area contributed by atoms with E-state index in [2.05, 4.69) is 11.9 Å². The molecule has 1 amide bonds. The minimum absolute atomic E-state index is 0.0848. The Bertz CT molecular complexity index is 1190. The van der Waals surface area contributed by atoms with Gasteiger partial charge in [0.15, 0.2) is 0 Å². The van der Waals surface area contributed by atoms with Gasteiger partial charge in [-0.3, -0.25) is 14.6 Å². The Hall–Kier alpha value is -2.89. The highest BCUT2D eigenvalue weighted by atomic mass is 35.5. The van der Waals surface area contributed by atoms with Gasteiger partial charge in [0.1, 0.15) is 0 Å². The topological polar surface area (TPSA) is 70.5 Å². The summed E-state index contributed by atoms with van der Waals surface area (Å²) in [7, 11) is 0. The Morgan fingerprint density at radius 3 is 2.47 bits per heavy atom. The summed E-state index contributed by atoms with van der Waals surface area (Å²) in [6.45, 7) is 2.07. The van der Waals surface area contributed by atoms with E-state index in [1.54, 1.807) is 6.20 Å². The van der Waals surface area contributed by atoms with Gasteiger partial charge < -0.3 is 10.0 Å². The molecule has 0 aliphatic carbocycles. The van der Waals surface area contributed by atoms with Crippen LogP contribution in [-0.2, 0) is 16.0 Å². The zero-order valence-corrected chi connectivity index (χ0v) is 21.7. The lowest BCUT2D eigenvalue weighted by atomic mass is 9.74. The first-order valence-corrected chi connectivity index (χ1v) is 13.1. The standard InChI is InChI=1S/C29H30Cl2N2O3/c1-2-25(14-13-24-8-3-4-15-32-24)33-28(19-9-11-22(30)12-10-19)26(20-6-5-7-23(31)16-20)17-21(29(33)36)18-27(34)35/h3-12,15-16,21,25-26,28H,2,13-14,17-18H2,1H3,(H,34,35)/t21-,25?,26-,28-/m1/s1. The first-order valence-electron chi connectivity index (χ1n) is 12.3. The molecule has 7 heteroatoms. The number of amides is 1. The molecule has 36 heavy (non-hydrogen) atoms. The third-order valence-corrected chi connectivity index (χ3v) is 7.54. The van der Waals surface area contributed by atoms with E-state index in [1.165, 1.54) is 0 Å². The Balaban J connectivity index is 1.79. The minimum atomic E-state index is -0.968. The molecule has 1 N–H and O–H groups in total. The molecule has 4 rings (SSSR count). The van der Waals surface area contributed by atoms with Crippen molar-refractivity contribution in [3.05, 3.63) is 99.8 Å². The van der Waals surface area contributed by atoms with E-state index in [4.69, 9.17) is 23.2 Å². The van der Waals surface area contributed by atoms with Crippen LogP contribution in [0.4, 0.5) is 0 Å². The second-order valence-electron chi connectivity index (χ2n) is 9.36. The van der Waals surface area contributed by atoms with Crippen LogP contribution in [-0.4, -0.2) is 32.9 Å². The van der Waals surface area contributed by atoms with Crippen molar-refractivity contribution in [2.75, 3.05) is 0 Å². The van der Waals surface area contributed by atoms with Crippen molar-refractivity contribution in [3.63, 3.8) is 0 Å². The number of hydrogen-bond acceptors (Lipinski definition) is 3. The first-order chi connectivity index (χ1) is 17.4. The number of rotatable bonds is 9. The number of carbonyl (C=O) groups excluding carboxylic acids is 1. The molecule has 2 aromatic carbocycles. The number of pyridine rings is 1. The van der Waals surface area contributed by atoms with Crippen LogP contribution in [0.15, 0.2) is 72.9 Å². The number of piperidine rings is 1. The van der Waals surface area contributed by atoms with Gasteiger partial charge in [-0.25, -0.2) is 0 Å². The lowest BCUT2D eigenvalue weighted by Gasteiger charge is -2.48. The van der Waals surface area contributed by atoms with Gasteiger partial charge in [0, 0.05) is 39.8 Å². The molecule has 4 atom stereocenters. The maximum atomic E-state index is 14.0. The molecular weight excluding hydrogens is 495 g/mol. The number of benzene rings is 2. The van der Waals surface area contributed by atoms with E-state index in [-0.39, 0.29) is 30.3 Å². The molecule has 1 aromatic heterocycles. The van der Waals surface area contributed by atoms with E-state index in [9.17, 15) is 14.7 Å².